The molecule has 0 aliphatic heterocycles. The zero-order chi connectivity index (χ0) is 12.6. The van der Waals surface area contributed by atoms with Crippen molar-refractivity contribution in [3.63, 3.8) is 0 Å². The lowest BCUT2D eigenvalue weighted by molar-refractivity contribution is -0.118. The van der Waals surface area contributed by atoms with Gasteiger partial charge in [-0.05, 0) is 25.7 Å². The molecule has 0 aromatic carbocycles. The molecule has 5 heteroatoms. The average Bonchev–Trinajstić information content (AvgIpc) is 3.04. The van der Waals surface area contributed by atoms with E-state index in [-0.39, 0.29) is 11.8 Å². The maximum absolute atomic E-state index is 11.9. The molecule has 1 aliphatic carbocycles. The molecular weight excluding hydrogens is 238 g/mol. The van der Waals surface area contributed by atoms with Gasteiger partial charge in [-0.25, -0.2) is 0 Å². The standard InChI is InChI=1S/C12H18ClN3O/c1-7-10(12(13)16(2)15-7)5-9(17)6-11(14)8-3-4-8/h8,11H,3-6,14H2,1-2H3. The van der Waals surface area contributed by atoms with E-state index in [0.717, 1.165) is 11.3 Å². The van der Waals surface area contributed by atoms with Crippen LogP contribution in [0.2, 0.25) is 5.15 Å². The highest BCUT2D eigenvalue weighted by molar-refractivity contribution is 6.30. The molecule has 0 bridgehead atoms. The van der Waals surface area contributed by atoms with Gasteiger partial charge in [0.2, 0.25) is 0 Å². The number of Topliss-reactive ketones (excluding diaryl/α,β-unsaturated/α-hetero) is 1. The molecule has 1 saturated carbocycles. The van der Waals surface area contributed by atoms with Crippen LogP contribution in [0.5, 0.6) is 0 Å². The van der Waals surface area contributed by atoms with E-state index in [2.05, 4.69) is 5.10 Å². The van der Waals surface area contributed by atoms with Crippen LogP contribution in [0.3, 0.4) is 0 Å². The first-order chi connectivity index (χ1) is 7.99. The lowest BCUT2D eigenvalue weighted by atomic mass is 10.0. The van der Waals surface area contributed by atoms with E-state index in [1.165, 1.54) is 12.8 Å². The summed E-state index contributed by atoms with van der Waals surface area (Å²) in [5, 5.41) is 4.74. The van der Waals surface area contributed by atoms with Gasteiger partial charge < -0.3 is 5.73 Å². The van der Waals surface area contributed by atoms with Crippen LogP contribution in [0.15, 0.2) is 0 Å². The molecule has 2 rings (SSSR count). The van der Waals surface area contributed by atoms with Crippen LogP contribution in [0.25, 0.3) is 0 Å². The molecule has 0 amide bonds. The first-order valence-electron chi connectivity index (χ1n) is 5.94. The smallest absolute Gasteiger partial charge is 0.139 e. The lowest BCUT2D eigenvalue weighted by Crippen LogP contribution is -2.26. The Morgan fingerprint density at radius 2 is 2.29 bits per heavy atom. The number of aromatic nitrogens is 2. The quantitative estimate of drug-likeness (QED) is 0.870. The molecule has 4 nitrogen and oxygen atoms in total. The Morgan fingerprint density at radius 3 is 2.76 bits per heavy atom. The van der Waals surface area contributed by atoms with E-state index in [4.69, 9.17) is 17.3 Å². The molecule has 1 aromatic heterocycles. The van der Waals surface area contributed by atoms with Gasteiger partial charge in [0.25, 0.3) is 0 Å². The number of hydrogen-bond donors (Lipinski definition) is 1. The summed E-state index contributed by atoms with van der Waals surface area (Å²) in [4.78, 5) is 11.9. The molecule has 2 N–H and O–H groups in total. The Kier molecular flexibility index (Phi) is 3.54. The van der Waals surface area contributed by atoms with Crippen LogP contribution in [0.4, 0.5) is 0 Å². The van der Waals surface area contributed by atoms with Crippen molar-refractivity contribution < 1.29 is 4.79 Å². The molecule has 94 valence electrons. The average molecular weight is 256 g/mol. The van der Waals surface area contributed by atoms with Crippen molar-refractivity contribution in [1.29, 1.82) is 0 Å². The van der Waals surface area contributed by atoms with Crippen molar-refractivity contribution >= 4 is 17.4 Å². The van der Waals surface area contributed by atoms with Gasteiger partial charge in [0, 0.05) is 31.5 Å². The number of nitrogens with zero attached hydrogens (tertiary/aromatic N) is 2. The Hall–Kier alpha value is -0.870. The minimum atomic E-state index is 0.0262. The van der Waals surface area contributed by atoms with Gasteiger partial charge in [-0.2, -0.15) is 5.10 Å². The molecule has 17 heavy (non-hydrogen) atoms. The van der Waals surface area contributed by atoms with Gasteiger partial charge in [-0.3, -0.25) is 9.48 Å². The first kappa shape index (κ1) is 12.6. The van der Waals surface area contributed by atoms with Crippen molar-refractivity contribution in [2.45, 2.75) is 38.6 Å². The minimum absolute atomic E-state index is 0.0262. The number of halogens is 1. The fraction of sp³-hybridized carbons (Fsp3) is 0.667. The fourth-order valence-electron chi connectivity index (χ4n) is 2.10. The molecule has 1 heterocycles. The second-order valence-corrected chi connectivity index (χ2v) is 5.26. The number of rotatable bonds is 5. The van der Waals surface area contributed by atoms with Crippen LogP contribution in [0.1, 0.15) is 30.5 Å². The summed E-state index contributed by atoms with van der Waals surface area (Å²) in [7, 11) is 1.78. The van der Waals surface area contributed by atoms with Crippen molar-refractivity contribution in [2.75, 3.05) is 0 Å². The Balaban J connectivity index is 1.97. The van der Waals surface area contributed by atoms with Gasteiger partial charge >= 0.3 is 0 Å². The summed E-state index contributed by atoms with van der Waals surface area (Å²) >= 11 is 6.09. The second kappa shape index (κ2) is 4.78. The molecule has 1 aromatic rings. The summed E-state index contributed by atoms with van der Waals surface area (Å²) in [6.45, 7) is 1.87. The van der Waals surface area contributed by atoms with Crippen molar-refractivity contribution in [2.24, 2.45) is 18.7 Å². The molecule has 1 atom stereocenters. The predicted octanol–water partition coefficient (Wildman–Crippen LogP) is 1.62. The normalized spacial score (nSPS) is 17.2. The van der Waals surface area contributed by atoms with Crippen LogP contribution < -0.4 is 5.73 Å². The number of nitrogens with two attached hydrogens (primary N) is 1. The number of aryl methyl sites for hydroxylation is 2. The molecule has 1 aliphatic rings. The topological polar surface area (TPSA) is 60.9 Å². The number of carbonyl (C=O) groups is 1. The van der Waals surface area contributed by atoms with Crippen LogP contribution >= 0.6 is 11.6 Å². The largest absolute Gasteiger partial charge is 0.327 e. The molecule has 1 unspecified atom stereocenters. The summed E-state index contributed by atoms with van der Waals surface area (Å²) in [6, 6.07) is 0.0262. The summed E-state index contributed by atoms with van der Waals surface area (Å²) in [5.74, 6) is 0.715. The van der Waals surface area contributed by atoms with Gasteiger partial charge in [0.05, 0.1) is 5.69 Å². The molecule has 1 fully saturated rings. The van der Waals surface area contributed by atoms with E-state index in [0.29, 0.717) is 23.9 Å². The Labute approximate surface area is 106 Å². The van der Waals surface area contributed by atoms with Gasteiger partial charge in [0.1, 0.15) is 10.9 Å². The SMILES string of the molecule is Cc1nn(C)c(Cl)c1CC(=O)CC(N)C1CC1. The van der Waals surface area contributed by atoms with Gasteiger partial charge in [-0.15, -0.1) is 0 Å². The van der Waals surface area contributed by atoms with Crippen LogP contribution in [-0.2, 0) is 18.3 Å². The van der Waals surface area contributed by atoms with Gasteiger partial charge in [0.15, 0.2) is 0 Å². The monoisotopic (exact) mass is 255 g/mol. The zero-order valence-corrected chi connectivity index (χ0v) is 11.0. The highest BCUT2D eigenvalue weighted by atomic mass is 35.5. The number of hydrogen-bond acceptors (Lipinski definition) is 3. The lowest BCUT2D eigenvalue weighted by Gasteiger charge is -2.08. The third kappa shape index (κ3) is 2.87. The summed E-state index contributed by atoms with van der Waals surface area (Å²) in [6.07, 6.45) is 3.14. The third-order valence-electron chi connectivity index (χ3n) is 3.33. The third-order valence-corrected chi connectivity index (χ3v) is 3.81. The van der Waals surface area contributed by atoms with E-state index < -0.39 is 0 Å². The molecule has 0 radical (unpaired) electrons. The molecule has 0 saturated heterocycles. The van der Waals surface area contributed by atoms with Crippen molar-refractivity contribution in [3.8, 4) is 0 Å². The highest BCUT2D eigenvalue weighted by Crippen LogP contribution is 2.33. The van der Waals surface area contributed by atoms with Crippen molar-refractivity contribution in [3.05, 3.63) is 16.4 Å². The van der Waals surface area contributed by atoms with Crippen molar-refractivity contribution in [1.82, 2.24) is 9.78 Å². The van der Waals surface area contributed by atoms with Gasteiger partial charge in [-0.1, -0.05) is 11.6 Å². The summed E-state index contributed by atoms with van der Waals surface area (Å²) < 4.78 is 1.60. The Bertz CT molecular complexity index is 437. The highest BCUT2D eigenvalue weighted by Gasteiger charge is 2.30. The summed E-state index contributed by atoms with van der Waals surface area (Å²) in [5.41, 5.74) is 7.60. The van der Waals surface area contributed by atoms with E-state index in [1.807, 2.05) is 6.92 Å². The van der Waals surface area contributed by atoms with E-state index >= 15 is 0 Å². The van der Waals surface area contributed by atoms with E-state index in [9.17, 15) is 4.79 Å². The van der Waals surface area contributed by atoms with Crippen LogP contribution in [0, 0.1) is 12.8 Å². The Morgan fingerprint density at radius 1 is 1.65 bits per heavy atom. The number of ketones is 1. The minimum Gasteiger partial charge on any atom is -0.327 e. The van der Waals surface area contributed by atoms with Crippen LogP contribution in [-0.4, -0.2) is 21.6 Å². The number of carbonyl (C=O) groups excluding carboxylic acids is 1. The zero-order valence-electron chi connectivity index (χ0n) is 10.2. The molecule has 0 spiro atoms. The predicted molar refractivity (Wildman–Crippen MR) is 67.0 cm³/mol. The molecular formula is C12H18ClN3O. The fourth-order valence-corrected chi connectivity index (χ4v) is 2.34. The maximum Gasteiger partial charge on any atom is 0.139 e. The first-order valence-corrected chi connectivity index (χ1v) is 6.32. The maximum atomic E-state index is 11.9. The second-order valence-electron chi connectivity index (χ2n) is 4.90. The van der Waals surface area contributed by atoms with E-state index in [1.54, 1.807) is 11.7 Å².